The number of hydrogen-bond acceptors (Lipinski definition) is 5. The minimum absolute atomic E-state index is 0.00559. The van der Waals surface area contributed by atoms with Gasteiger partial charge in [0.25, 0.3) is 11.7 Å². The number of aliphatic hydroxyl groups is 1. The molecule has 1 heterocycles. The Balaban J connectivity index is 2.15. The van der Waals surface area contributed by atoms with Gasteiger partial charge in [0, 0.05) is 12.1 Å². The third-order valence-corrected chi connectivity index (χ3v) is 6.01. The standard InChI is InChI=1S/C24H25Cl2NO5/c1-4-5-6-11-27-20(14-7-9-16(31-2)10-8-14)19(22(29)24(27)30)21(28)15-12-17(25)23(32-3)18(26)13-15/h7-10,12-13,20,28H,4-6,11H2,1-3H3/b21-19+. The molecule has 1 unspecified atom stereocenters. The fraction of sp³-hybridized carbons (Fsp3) is 0.333. The molecule has 0 radical (unpaired) electrons. The highest BCUT2D eigenvalue weighted by Gasteiger charge is 2.45. The molecule has 0 saturated carbocycles. The number of ketones is 1. The fourth-order valence-corrected chi connectivity index (χ4v) is 4.46. The van der Waals surface area contributed by atoms with Crippen molar-refractivity contribution in [1.29, 1.82) is 0 Å². The second kappa shape index (κ2) is 10.3. The van der Waals surface area contributed by atoms with E-state index in [1.54, 1.807) is 31.4 Å². The lowest BCUT2D eigenvalue weighted by Gasteiger charge is -2.25. The zero-order valence-electron chi connectivity index (χ0n) is 18.2. The molecule has 6 nitrogen and oxygen atoms in total. The highest BCUT2D eigenvalue weighted by Crippen LogP contribution is 2.42. The van der Waals surface area contributed by atoms with E-state index in [9.17, 15) is 14.7 Å². The van der Waals surface area contributed by atoms with Gasteiger partial charge in [-0.15, -0.1) is 0 Å². The van der Waals surface area contributed by atoms with E-state index in [2.05, 4.69) is 6.92 Å². The van der Waals surface area contributed by atoms with E-state index in [1.165, 1.54) is 24.1 Å². The van der Waals surface area contributed by atoms with Gasteiger partial charge in [0.05, 0.1) is 35.9 Å². The average Bonchev–Trinajstić information content (AvgIpc) is 3.03. The Morgan fingerprint density at radius 3 is 2.19 bits per heavy atom. The summed E-state index contributed by atoms with van der Waals surface area (Å²) in [5.74, 6) is -0.826. The number of methoxy groups -OCH3 is 2. The smallest absolute Gasteiger partial charge is 0.295 e. The molecule has 0 aromatic heterocycles. The van der Waals surface area contributed by atoms with Crippen molar-refractivity contribution in [3.8, 4) is 11.5 Å². The Morgan fingerprint density at radius 2 is 1.66 bits per heavy atom. The number of amides is 1. The summed E-state index contributed by atoms with van der Waals surface area (Å²) in [6.45, 7) is 2.46. The van der Waals surface area contributed by atoms with Gasteiger partial charge in [0.15, 0.2) is 5.75 Å². The maximum atomic E-state index is 13.0. The number of ether oxygens (including phenoxy) is 2. The van der Waals surface area contributed by atoms with Crippen LogP contribution < -0.4 is 9.47 Å². The minimum atomic E-state index is -0.747. The van der Waals surface area contributed by atoms with E-state index < -0.39 is 17.7 Å². The first-order valence-electron chi connectivity index (χ1n) is 10.3. The molecule has 1 atom stereocenters. The number of rotatable bonds is 8. The predicted octanol–water partition coefficient (Wildman–Crippen LogP) is 5.62. The lowest BCUT2D eigenvalue weighted by Crippen LogP contribution is -2.30. The second-order valence-electron chi connectivity index (χ2n) is 7.45. The Hall–Kier alpha value is -2.70. The van der Waals surface area contributed by atoms with Crippen LogP contribution in [0.15, 0.2) is 42.0 Å². The molecule has 0 aliphatic carbocycles. The Bertz CT molecular complexity index is 1030. The number of carbonyl (C=O) groups is 2. The van der Waals surface area contributed by atoms with Crippen molar-refractivity contribution in [1.82, 2.24) is 4.90 Å². The normalized spacial score (nSPS) is 17.7. The average molecular weight is 478 g/mol. The van der Waals surface area contributed by atoms with Crippen LogP contribution in [0.25, 0.3) is 5.76 Å². The maximum Gasteiger partial charge on any atom is 0.295 e. The van der Waals surface area contributed by atoms with Crippen LogP contribution in [-0.4, -0.2) is 42.5 Å². The van der Waals surface area contributed by atoms with Crippen molar-refractivity contribution in [2.75, 3.05) is 20.8 Å². The molecule has 0 bridgehead atoms. The molecule has 32 heavy (non-hydrogen) atoms. The van der Waals surface area contributed by atoms with Crippen LogP contribution in [-0.2, 0) is 9.59 Å². The van der Waals surface area contributed by atoms with Crippen LogP contribution in [0.1, 0.15) is 43.4 Å². The first-order valence-corrected chi connectivity index (χ1v) is 11.0. The zero-order valence-corrected chi connectivity index (χ0v) is 19.7. The number of unbranched alkanes of at least 4 members (excludes halogenated alkanes) is 2. The highest BCUT2D eigenvalue weighted by molar-refractivity contribution is 6.46. The molecule has 3 rings (SSSR count). The summed E-state index contributed by atoms with van der Waals surface area (Å²) in [5.41, 5.74) is 0.911. The lowest BCUT2D eigenvalue weighted by molar-refractivity contribution is -0.139. The van der Waals surface area contributed by atoms with E-state index in [-0.39, 0.29) is 32.7 Å². The molecule has 1 N–H and O–H groups in total. The number of carbonyl (C=O) groups excluding carboxylic acids is 2. The van der Waals surface area contributed by atoms with Crippen LogP contribution in [0.3, 0.4) is 0 Å². The van der Waals surface area contributed by atoms with E-state index in [1.807, 2.05) is 0 Å². The molecule has 170 valence electrons. The molecule has 8 heteroatoms. The lowest BCUT2D eigenvalue weighted by atomic mass is 9.95. The number of halogens is 2. The third-order valence-electron chi connectivity index (χ3n) is 5.45. The summed E-state index contributed by atoms with van der Waals surface area (Å²) in [5, 5.41) is 11.5. The van der Waals surface area contributed by atoms with Crippen molar-refractivity contribution < 1.29 is 24.2 Å². The molecule has 2 aromatic carbocycles. The van der Waals surface area contributed by atoms with Gasteiger partial charge < -0.3 is 19.5 Å². The maximum absolute atomic E-state index is 13.0. The van der Waals surface area contributed by atoms with E-state index in [0.29, 0.717) is 17.9 Å². The SMILES string of the molecule is CCCCCN1C(=O)C(=O)/C(=C(/O)c2cc(Cl)c(OC)c(Cl)c2)C1c1ccc(OC)cc1. The van der Waals surface area contributed by atoms with Crippen molar-refractivity contribution in [3.63, 3.8) is 0 Å². The van der Waals surface area contributed by atoms with Gasteiger partial charge in [0.2, 0.25) is 0 Å². The molecule has 1 aliphatic heterocycles. The summed E-state index contributed by atoms with van der Waals surface area (Å²) in [7, 11) is 2.99. The summed E-state index contributed by atoms with van der Waals surface area (Å²) in [6, 6.07) is 9.24. The summed E-state index contributed by atoms with van der Waals surface area (Å²) in [6.07, 6.45) is 2.64. The summed E-state index contributed by atoms with van der Waals surface area (Å²) in [4.78, 5) is 27.5. The van der Waals surface area contributed by atoms with Gasteiger partial charge >= 0.3 is 0 Å². The van der Waals surface area contributed by atoms with Crippen molar-refractivity contribution in [2.24, 2.45) is 0 Å². The monoisotopic (exact) mass is 477 g/mol. The summed E-state index contributed by atoms with van der Waals surface area (Å²) < 4.78 is 10.4. The Morgan fingerprint density at radius 1 is 1.03 bits per heavy atom. The number of hydrogen-bond donors (Lipinski definition) is 1. The fourth-order valence-electron chi connectivity index (χ4n) is 3.82. The van der Waals surface area contributed by atoms with E-state index in [0.717, 1.165) is 19.3 Å². The van der Waals surface area contributed by atoms with Crippen molar-refractivity contribution >= 4 is 40.7 Å². The van der Waals surface area contributed by atoms with Gasteiger partial charge in [0.1, 0.15) is 11.5 Å². The van der Waals surface area contributed by atoms with Gasteiger partial charge in [-0.3, -0.25) is 9.59 Å². The van der Waals surface area contributed by atoms with E-state index in [4.69, 9.17) is 32.7 Å². The van der Waals surface area contributed by atoms with Crippen LogP contribution in [0, 0.1) is 0 Å². The molecular formula is C24H25Cl2NO5. The van der Waals surface area contributed by atoms with Gasteiger partial charge in [-0.2, -0.15) is 0 Å². The number of aliphatic hydroxyl groups excluding tert-OH is 1. The molecular weight excluding hydrogens is 453 g/mol. The minimum Gasteiger partial charge on any atom is -0.507 e. The van der Waals surface area contributed by atoms with Crippen molar-refractivity contribution in [2.45, 2.75) is 32.2 Å². The molecule has 1 aliphatic rings. The zero-order chi connectivity index (χ0) is 23.4. The van der Waals surface area contributed by atoms with Gasteiger partial charge in [-0.25, -0.2) is 0 Å². The number of likely N-dealkylation sites (tertiary alicyclic amines) is 1. The largest absolute Gasteiger partial charge is 0.507 e. The summed E-state index contributed by atoms with van der Waals surface area (Å²) >= 11 is 12.5. The van der Waals surface area contributed by atoms with Crippen molar-refractivity contribution in [3.05, 3.63) is 63.1 Å². The third kappa shape index (κ3) is 4.57. The first-order chi connectivity index (χ1) is 15.3. The quantitative estimate of drug-likeness (QED) is 0.231. The number of nitrogens with zero attached hydrogens (tertiary/aromatic N) is 1. The second-order valence-corrected chi connectivity index (χ2v) is 8.26. The molecule has 0 spiro atoms. The highest BCUT2D eigenvalue weighted by atomic mass is 35.5. The van der Waals surface area contributed by atoms with Gasteiger partial charge in [-0.05, 0) is 36.2 Å². The molecule has 2 aromatic rings. The first kappa shape index (κ1) is 24.0. The number of Topliss-reactive ketones (excluding diaryl/α,β-unsaturated/α-hetero) is 1. The molecule has 1 saturated heterocycles. The van der Waals surface area contributed by atoms with Crippen LogP contribution >= 0.6 is 23.2 Å². The van der Waals surface area contributed by atoms with Gasteiger partial charge in [-0.1, -0.05) is 55.1 Å². The number of benzene rings is 2. The molecule has 1 fully saturated rings. The van der Waals surface area contributed by atoms with Crippen LogP contribution in [0.2, 0.25) is 10.0 Å². The Kier molecular flexibility index (Phi) is 7.69. The van der Waals surface area contributed by atoms with Crippen LogP contribution in [0.5, 0.6) is 11.5 Å². The van der Waals surface area contributed by atoms with Crippen LogP contribution in [0.4, 0.5) is 0 Å². The van der Waals surface area contributed by atoms with E-state index >= 15 is 0 Å². The topological polar surface area (TPSA) is 76.1 Å². The molecule has 1 amide bonds. The predicted molar refractivity (Wildman–Crippen MR) is 125 cm³/mol. The Labute approximate surface area is 197 Å².